The molecule has 2 amide bonds. The zero-order chi connectivity index (χ0) is 25.1. The van der Waals surface area contributed by atoms with Crippen molar-refractivity contribution in [3.05, 3.63) is 53.1 Å². The summed E-state index contributed by atoms with van der Waals surface area (Å²) in [6, 6.07) is 7.81. The van der Waals surface area contributed by atoms with Crippen molar-refractivity contribution in [2.24, 2.45) is 11.7 Å². The van der Waals surface area contributed by atoms with E-state index in [1.54, 1.807) is 0 Å². The number of aryl methyl sites for hydroxylation is 1. The third-order valence-electron chi connectivity index (χ3n) is 8.73. The molecule has 3 aliphatic rings. The van der Waals surface area contributed by atoms with Crippen LogP contribution < -0.4 is 11.1 Å². The first-order valence-electron chi connectivity index (χ1n) is 13.9. The number of imidazole rings is 1. The largest absolute Gasteiger partial charge is 0.350 e. The Morgan fingerprint density at radius 2 is 1.83 bits per heavy atom. The van der Waals surface area contributed by atoms with Crippen LogP contribution in [0.3, 0.4) is 0 Å². The van der Waals surface area contributed by atoms with Crippen molar-refractivity contribution in [2.45, 2.75) is 109 Å². The molecular weight excluding hydrogens is 450 g/mol. The van der Waals surface area contributed by atoms with Gasteiger partial charge in [0, 0.05) is 31.5 Å². The molecule has 7 nitrogen and oxygen atoms in total. The molecule has 1 aliphatic heterocycles. The minimum absolute atomic E-state index is 0.0123. The molecule has 0 bridgehead atoms. The van der Waals surface area contributed by atoms with Crippen LogP contribution in [0.1, 0.15) is 86.7 Å². The molecule has 0 saturated heterocycles. The number of amides is 2. The Hall–Kier alpha value is -2.67. The summed E-state index contributed by atoms with van der Waals surface area (Å²) in [5, 5.41) is 3.21. The van der Waals surface area contributed by atoms with E-state index in [0.29, 0.717) is 31.8 Å². The molecule has 1 aromatic heterocycles. The van der Waals surface area contributed by atoms with E-state index in [1.807, 2.05) is 17.3 Å². The van der Waals surface area contributed by atoms with Gasteiger partial charge in [0.2, 0.25) is 11.8 Å². The molecule has 3 N–H and O–H groups in total. The molecule has 3 atom stereocenters. The maximum atomic E-state index is 13.6. The molecule has 0 radical (unpaired) electrons. The monoisotopic (exact) mass is 491 g/mol. The Kier molecular flexibility index (Phi) is 7.75. The Balaban J connectivity index is 1.35. The van der Waals surface area contributed by atoms with Gasteiger partial charge in [-0.05, 0) is 43.2 Å². The van der Waals surface area contributed by atoms with Gasteiger partial charge in [0.1, 0.15) is 6.04 Å². The van der Waals surface area contributed by atoms with Crippen LogP contribution in [0.15, 0.2) is 30.6 Å². The van der Waals surface area contributed by atoms with Crippen LogP contribution in [0, 0.1) is 12.8 Å². The average molecular weight is 492 g/mol. The van der Waals surface area contributed by atoms with E-state index >= 15 is 0 Å². The summed E-state index contributed by atoms with van der Waals surface area (Å²) in [5.41, 5.74) is 10.8. The number of nitrogens with zero attached hydrogens (tertiary/aromatic N) is 3. The highest BCUT2D eigenvalue weighted by molar-refractivity contribution is 5.88. The van der Waals surface area contributed by atoms with Crippen LogP contribution in [0.5, 0.6) is 0 Å². The molecule has 2 heterocycles. The van der Waals surface area contributed by atoms with Crippen molar-refractivity contribution in [2.75, 3.05) is 0 Å². The molecule has 7 heteroatoms. The van der Waals surface area contributed by atoms with Gasteiger partial charge >= 0.3 is 0 Å². The number of carbonyl (C=O) groups excluding carboxylic acids is 2. The molecule has 0 spiro atoms. The predicted octanol–water partition coefficient (Wildman–Crippen LogP) is 3.85. The van der Waals surface area contributed by atoms with E-state index in [0.717, 1.165) is 43.5 Å². The molecule has 2 aromatic rings. The Morgan fingerprint density at radius 1 is 1.08 bits per heavy atom. The molecule has 3 unspecified atom stereocenters. The zero-order valence-electron chi connectivity index (χ0n) is 21.6. The zero-order valence-corrected chi connectivity index (χ0v) is 21.6. The van der Waals surface area contributed by atoms with Gasteiger partial charge in [-0.3, -0.25) is 9.59 Å². The third-order valence-corrected chi connectivity index (χ3v) is 8.73. The summed E-state index contributed by atoms with van der Waals surface area (Å²) in [6.07, 6.45) is 12.8. The number of hydrogen-bond donors (Lipinski definition) is 2. The Bertz CT molecular complexity index is 1070. The topological polar surface area (TPSA) is 93.2 Å². The smallest absolute Gasteiger partial charge is 0.243 e. The summed E-state index contributed by atoms with van der Waals surface area (Å²) in [4.78, 5) is 33.6. The highest BCUT2D eigenvalue weighted by atomic mass is 16.2. The number of nitrogens with one attached hydrogen (secondary N) is 1. The lowest BCUT2D eigenvalue weighted by atomic mass is 9.90. The first-order chi connectivity index (χ1) is 17.5. The average Bonchev–Trinajstić information content (AvgIpc) is 3.54. The van der Waals surface area contributed by atoms with E-state index in [-0.39, 0.29) is 23.9 Å². The lowest BCUT2D eigenvalue weighted by Crippen LogP contribution is -2.57. The SMILES string of the molecule is Cc1ccccc1Cn1cnc2c1CN(C(=O)CCC1CCCC1)C(C(=O)NC1CCCCC1N)C2. The van der Waals surface area contributed by atoms with Crippen LogP contribution in [0.4, 0.5) is 0 Å². The van der Waals surface area contributed by atoms with Crippen molar-refractivity contribution in [1.29, 1.82) is 0 Å². The molecule has 1 aromatic carbocycles. The lowest BCUT2D eigenvalue weighted by Gasteiger charge is -2.37. The van der Waals surface area contributed by atoms with Crippen molar-refractivity contribution < 1.29 is 9.59 Å². The highest BCUT2D eigenvalue weighted by Crippen LogP contribution is 2.30. The van der Waals surface area contributed by atoms with Gasteiger partial charge in [-0.1, -0.05) is 62.8 Å². The number of carbonyl (C=O) groups is 2. The molecule has 194 valence electrons. The van der Waals surface area contributed by atoms with Crippen LogP contribution in [0.2, 0.25) is 0 Å². The number of rotatable bonds is 7. The minimum atomic E-state index is -0.524. The van der Waals surface area contributed by atoms with Crippen LogP contribution in [0.25, 0.3) is 0 Å². The minimum Gasteiger partial charge on any atom is -0.350 e. The van der Waals surface area contributed by atoms with Gasteiger partial charge in [0.05, 0.1) is 24.3 Å². The fourth-order valence-corrected chi connectivity index (χ4v) is 6.36. The quantitative estimate of drug-likeness (QED) is 0.615. The van der Waals surface area contributed by atoms with Crippen LogP contribution in [-0.2, 0) is 29.1 Å². The molecule has 36 heavy (non-hydrogen) atoms. The van der Waals surface area contributed by atoms with Gasteiger partial charge in [-0.15, -0.1) is 0 Å². The fourth-order valence-electron chi connectivity index (χ4n) is 6.36. The normalized spacial score (nSPS) is 24.5. The first kappa shape index (κ1) is 25.0. The van der Waals surface area contributed by atoms with Gasteiger partial charge in [-0.25, -0.2) is 4.98 Å². The summed E-state index contributed by atoms with van der Waals surface area (Å²) in [5.74, 6) is 0.656. The van der Waals surface area contributed by atoms with Gasteiger partial charge in [0.15, 0.2) is 0 Å². The lowest BCUT2D eigenvalue weighted by molar-refractivity contribution is -0.142. The van der Waals surface area contributed by atoms with Crippen molar-refractivity contribution in [3.63, 3.8) is 0 Å². The number of benzene rings is 1. The number of nitrogens with two attached hydrogens (primary N) is 1. The van der Waals surface area contributed by atoms with Crippen molar-refractivity contribution in [3.8, 4) is 0 Å². The number of hydrogen-bond acceptors (Lipinski definition) is 4. The number of fused-ring (bicyclic) bond motifs is 1. The van der Waals surface area contributed by atoms with Gasteiger partial charge in [0.25, 0.3) is 0 Å². The highest BCUT2D eigenvalue weighted by Gasteiger charge is 2.38. The summed E-state index contributed by atoms with van der Waals surface area (Å²) in [7, 11) is 0. The van der Waals surface area contributed by atoms with E-state index in [9.17, 15) is 9.59 Å². The second-order valence-corrected chi connectivity index (χ2v) is 11.2. The molecule has 5 rings (SSSR count). The van der Waals surface area contributed by atoms with Crippen LogP contribution in [-0.4, -0.2) is 44.4 Å². The van der Waals surface area contributed by atoms with E-state index in [4.69, 9.17) is 10.7 Å². The van der Waals surface area contributed by atoms with Gasteiger partial charge < -0.3 is 20.5 Å². The third kappa shape index (κ3) is 5.51. The van der Waals surface area contributed by atoms with Crippen molar-refractivity contribution in [1.82, 2.24) is 19.8 Å². The molecular formula is C29H41N5O2. The summed E-state index contributed by atoms with van der Waals surface area (Å²) >= 11 is 0. The van der Waals surface area contributed by atoms with Crippen LogP contribution >= 0.6 is 0 Å². The second kappa shape index (κ2) is 11.2. The van der Waals surface area contributed by atoms with Crippen molar-refractivity contribution >= 4 is 11.8 Å². The molecule has 2 fully saturated rings. The maximum Gasteiger partial charge on any atom is 0.243 e. The van der Waals surface area contributed by atoms with E-state index in [2.05, 4.69) is 35.0 Å². The van der Waals surface area contributed by atoms with E-state index < -0.39 is 6.04 Å². The van der Waals surface area contributed by atoms with Gasteiger partial charge in [-0.2, -0.15) is 0 Å². The maximum absolute atomic E-state index is 13.6. The standard InChI is InChI=1S/C29H41N5O2/c1-20-8-2-5-11-22(20)17-33-19-31-25-16-26(29(36)32-24-13-7-6-12-23(24)30)34(18-27(25)33)28(35)15-14-21-9-3-4-10-21/h2,5,8,11,19,21,23-24,26H,3-4,6-7,9-10,12-18,30H2,1H3,(H,32,36). The number of aromatic nitrogens is 2. The Labute approximate surface area is 214 Å². The summed E-state index contributed by atoms with van der Waals surface area (Å²) < 4.78 is 2.15. The van der Waals surface area contributed by atoms with E-state index in [1.165, 1.54) is 36.8 Å². The summed E-state index contributed by atoms with van der Waals surface area (Å²) in [6.45, 7) is 3.26. The first-order valence-corrected chi connectivity index (χ1v) is 13.9. The fraction of sp³-hybridized carbons (Fsp3) is 0.621. The molecule has 2 aliphatic carbocycles. The molecule has 2 saturated carbocycles. The second-order valence-electron chi connectivity index (χ2n) is 11.2. The Morgan fingerprint density at radius 3 is 2.61 bits per heavy atom. The predicted molar refractivity (Wildman–Crippen MR) is 140 cm³/mol.